The molecule has 0 aromatic heterocycles. The summed E-state index contributed by atoms with van der Waals surface area (Å²) in [6.45, 7) is 3.32. The molecule has 1 fully saturated rings. The highest BCUT2D eigenvalue weighted by Gasteiger charge is 2.42. The van der Waals surface area contributed by atoms with Crippen LogP contribution in [-0.2, 0) is 10.0 Å². The van der Waals surface area contributed by atoms with Gasteiger partial charge in [-0.3, -0.25) is 4.79 Å². The smallest absolute Gasteiger partial charge is 0.349 e. The molecule has 1 aliphatic rings. The van der Waals surface area contributed by atoms with Crippen molar-refractivity contribution in [3.63, 3.8) is 0 Å². The van der Waals surface area contributed by atoms with Crippen LogP contribution in [0.2, 0.25) is 0 Å². The molecule has 26 heavy (non-hydrogen) atoms. The fraction of sp³-hybridized carbons (Fsp3) is 0.588. The Hall–Kier alpha value is -1.61. The van der Waals surface area contributed by atoms with Gasteiger partial charge >= 0.3 is 6.18 Å². The third-order valence-corrected chi connectivity index (χ3v) is 6.45. The van der Waals surface area contributed by atoms with Gasteiger partial charge in [0, 0.05) is 11.6 Å². The first-order chi connectivity index (χ1) is 12.0. The quantitative estimate of drug-likeness (QED) is 0.827. The highest BCUT2D eigenvalue weighted by atomic mass is 32.2. The Morgan fingerprint density at radius 3 is 2.42 bits per heavy atom. The fourth-order valence-corrected chi connectivity index (χ4v) is 4.30. The molecule has 1 aromatic rings. The van der Waals surface area contributed by atoms with Gasteiger partial charge in [-0.25, -0.2) is 13.1 Å². The van der Waals surface area contributed by atoms with Gasteiger partial charge < -0.3 is 5.32 Å². The van der Waals surface area contributed by atoms with E-state index >= 15 is 0 Å². The van der Waals surface area contributed by atoms with E-state index in [-0.39, 0.29) is 23.3 Å². The number of halogens is 3. The van der Waals surface area contributed by atoms with Crippen LogP contribution in [0.5, 0.6) is 0 Å². The third kappa shape index (κ3) is 4.56. The van der Waals surface area contributed by atoms with E-state index < -0.39 is 34.1 Å². The highest BCUT2D eigenvalue weighted by molar-refractivity contribution is 7.89. The summed E-state index contributed by atoms with van der Waals surface area (Å²) in [5, 5.41) is 2.63. The number of sulfonamides is 1. The minimum Gasteiger partial charge on any atom is -0.349 e. The van der Waals surface area contributed by atoms with E-state index in [2.05, 4.69) is 10.0 Å². The van der Waals surface area contributed by atoms with Crippen molar-refractivity contribution in [1.82, 2.24) is 10.0 Å². The van der Waals surface area contributed by atoms with Gasteiger partial charge in [0.1, 0.15) is 0 Å². The van der Waals surface area contributed by atoms with Crippen LogP contribution in [0.4, 0.5) is 13.2 Å². The molecule has 0 heterocycles. The first-order valence-electron chi connectivity index (χ1n) is 8.38. The number of benzene rings is 1. The zero-order valence-electron chi connectivity index (χ0n) is 14.9. The summed E-state index contributed by atoms with van der Waals surface area (Å²) < 4.78 is 65.2. The fourth-order valence-electron chi connectivity index (χ4n) is 3.23. The minimum absolute atomic E-state index is 0.0121. The molecule has 5 nitrogen and oxygen atoms in total. The van der Waals surface area contributed by atoms with Gasteiger partial charge in [0.25, 0.3) is 5.91 Å². The Bertz CT molecular complexity index is 791. The van der Waals surface area contributed by atoms with E-state index in [4.69, 9.17) is 0 Å². The lowest BCUT2D eigenvalue weighted by Gasteiger charge is -2.31. The number of carbonyl (C=O) groups is 1. The molecule has 0 bridgehead atoms. The number of aryl methyl sites for hydroxylation is 1. The van der Waals surface area contributed by atoms with Crippen molar-refractivity contribution in [2.75, 3.05) is 7.05 Å². The second kappa shape index (κ2) is 7.56. The molecule has 1 aliphatic carbocycles. The molecule has 2 unspecified atom stereocenters. The molecule has 0 aliphatic heterocycles. The number of rotatable bonds is 4. The lowest BCUT2D eigenvalue weighted by atomic mass is 9.85. The van der Waals surface area contributed by atoms with Crippen LogP contribution >= 0.6 is 0 Å². The van der Waals surface area contributed by atoms with E-state index in [0.717, 1.165) is 0 Å². The van der Waals surface area contributed by atoms with E-state index in [1.54, 1.807) is 19.9 Å². The van der Waals surface area contributed by atoms with Gasteiger partial charge in [-0.15, -0.1) is 0 Å². The molecule has 9 heteroatoms. The molecule has 2 atom stereocenters. The number of amides is 1. The number of hydrogen-bond acceptors (Lipinski definition) is 3. The van der Waals surface area contributed by atoms with E-state index in [0.29, 0.717) is 24.0 Å². The predicted molar refractivity (Wildman–Crippen MR) is 91.4 cm³/mol. The summed E-state index contributed by atoms with van der Waals surface area (Å²) in [5.41, 5.74) is 1.25. The maximum absolute atomic E-state index is 12.9. The van der Waals surface area contributed by atoms with E-state index in [1.165, 1.54) is 13.1 Å². The van der Waals surface area contributed by atoms with Gasteiger partial charge in [-0.1, -0.05) is 6.42 Å². The summed E-state index contributed by atoms with van der Waals surface area (Å²) in [6, 6.07) is 2.23. The zero-order valence-corrected chi connectivity index (χ0v) is 15.7. The van der Waals surface area contributed by atoms with Gasteiger partial charge in [-0.2, -0.15) is 13.2 Å². The van der Waals surface area contributed by atoms with Crippen molar-refractivity contribution >= 4 is 15.9 Å². The molecule has 1 saturated carbocycles. The predicted octanol–water partition coefficient (Wildman–Crippen LogP) is 3.06. The van der Waals surface area contributed by atoms with Crippen molar-refractivity contribution in [1.29, 1.82) is 0 Å². The van der Waals surface area contributed by atoms with E-state index in [1.807, 2.05) is 0 Å². The molecule has 1 aromatic carbocycles. The van der Waals surface area contributed by atoms with Crippen LogP contribution in [-0.4, -0.2) is 33.6 Å². The SMILES string of the molecule is CNS(=O)(=O)c1cc(C(=O)NC2CCCC(C(F)(F)F)C2)cc(C)c1C. The van der Waals surface area contributed by atoms with Crippen molar-refractivity contribution < 1.29 is 26.4 Å². The maximum Gasteiger partial charge on any atom is 0.391 e. The number of alkyl halides is 3. The van der Waals surface area contributed by atoms with Crippen LogP contribution in [0.15, 0.2) is 17.0 Å². The summed E-state index contributed by atoms with van der Waals surface area (Å²) in [7, 11) is -2.47. The van der Waals surface area contributed by atoms with Crippen LogP contribution < -0.4 is 10.0 Å². The molecule has 0 radical (unpaired) electrons. The topological polar surface area (TPSA) is 75.3 Å². The van der Waals surface area contributed by atoms with Crippen molar-refractivity contribution in [2.24, 2.45) is 5.92 Å². The summed E-state index contributed by atoms with van der Waals surface area (Å²) in [5.74, 6) is -1.98. The largest absolute Gasteiger partial charge is 0.391 e. The Labute approximate surface area is 151 Å². The Kier molecular flexibility index (Phi) is 6.02. The molecule has 146 valence electrons. The molecular formula is C17H23F3N2O3S. The Balaban J connectivity index is 2.22. The van der Waals surface area contributed by atoms with E-state index in [9.17, 15) is 26.4 Å². The average molecular weight is 392 g/mol. The molecule has 2 rings (SSSR count). The van der Waals surface area contributed by atoms with Gasteiger partial charge in [0.05, 0.1) is 10.8 Å². The Morgan fingerprint density at radius 2 is 1.85 bits per heavy atom. The Morgan fingerprint density at radius 1 is 1.19 bits per heavy atom. The van der Waals surface area contributed by atoms with Gasteiger partial charge in [0.15, 0.2) is 0 Å². The van der Waals surface area contributed by atoms with Crippen LogP contribution in [0.1, 0.15) is 47.2 Å². The standard InChI is InChI=1S/C17H23F3N2O3S/c1-10-7-12(8-15(11(10)2)26(24,25)21-3)16(23)22-14-6-4-5-13(9-14)17(18,19)20/h7-8,13-14,21H,4-6,9H2,1-3H3,(H,22,23). The zero-order chi connectivity index (χ0) is 19.7. The van der Waals surface area contributed by atoms with Crippen LogP contribution in [0.3, 0.4) is 0 Å². The molecule has 0 saturated heterocycles. The normalized spacial score (nSPS) is 21.5. The van der Waals surface area contributed by atoms with Gasteiger partial charge in [0.2, 0.25) is 10.0 Å². The molecule has 1 amide bonds. The number of carbonyl (C=O) groups excluding carboxylic acids is 1. The average Bonchev–Trinajstić information content (AvgIpc) is 2.56. The van der Waals surface area contributed by atoms with Crippen molar-refractivity contribution in [3.05, 3.63) is 28.8 Å². The lowest BCUT2D eigenvalue weighted by Crippen LogP contribution is -2.41. The summed E-state index contributed by atoms with van der Waals surface area (Å²) >= 11 is 0. The minimum atomic E-state index is -4.27. The number of hydrogen-bond donors (Lipinski definition) is 2. The first-order valence-corrected chi connectivity index (χ1v) is 9.86. The first kappa shape index (κ1) is 20.7. The van der Waals surface area contributed by atoms with Crippen LogP contribution in [0.25, 0.3) is 0 Å². The maximum atomic E-state index is 12.9. The third-order valence-electron chi connectivity index (χ3n) is 4.91. The summed E-state index contributed by atoms with van der Waals surface area (Å²) in [6.07, 6.45) is -3.48. The highest BCUT2D eigenvalue weighted by Crippen LogP contribution is 2.37. The molecular weight excluding hydrogens is 369 g/mol. The van der Waals surface area contributed by atoms with Crippen molar-refractivity contribution in [3.8, 4) is 0 Å². The molecule has 2 N–H and O–H groups in total. The molecule has 0 spiro atoms. The van der Waals surface area contributed by atoms with Crippen molar-refractivity contribution in [2.45, 2.75) is 56.6 Å². The van der Waals surface area contributed by atoms with Gasteiger partial charge in [-0.05, 0) is 63.4 Å². The second-order valence-corrected chi connectivity index (χ2v) is 8.55. The monoisotopic (exact) mass is 392 g/mol. The summed E-state index contributed by atoms with van der Waals surface area (Å²) in [4.78, 5) is 12.5. The van der Waals surface area contributed by atoms with Crippen LogP contribution in [0, 0.1) is 19.8 Å². The second-order valence-electron chi connectivity index (χ2n) is 6.70. The number of nitrogens with one attached hydrogen (secondary N) is 2. The lowest BCUT2D eigenvalue weighted by molar-refractivity contribution is -0.183.